The molecule has 0 unspecified atom stereocenters. The summed E-state index contributed by atoms with van der Waals surface area (Å²) >= 11 is 0. The molecule has 0 saturated carbocycles. The van der Waals surface area contributed by atoms with E-state index in [0.717, 1.165) is 5.69 Å². The summed E-state index contributed by atoms with van der Waals surface area (Å²) in [7, 11) is 0. The van der Waals surface area contributed by atoms with Crippen molar-refractivity contribution in [2.75, 3.05) is 11.9 Å². The molecule has 94 valence electrons. The Morgan fingerprint density at radius 1 is 1.53 bits per heavy atom. The number of nitrogens with zero attached hydrogens (tertiary/aromatic N) is 1. The number of anilines is 1. The van der Waals surface area contributed by atoms with Gasteiger partial charge >= 0.3 is 0 Å². The summed E-state index contributed by atoms with van der Waals surface area (Å²) in [4.78, 5) is 14.8. The Labute approximate surface area is 101 Å². The number of hydrogen-bond donors (Lipinski definition) is 3. The van der Waals surface area contributed by atoms with Crippen molar-refractivity contribution in [3.63, 3.8) is 0 Å². The van der Waals surface area contributed by atoms with Gasteiger partial charge in [0, 0.05) is 18.4 Å². The molecule has 1 heterocycles. The molecule has 0 radical (unpaired) electrons. The first kappa shape index (κ1) is 13.4. The Kier molecular flexibility index (Phi) is 4.45. The molecule has 5 nitrogen and oxygen atoms in total. The van der Waals surface area contributed by atoms with E-state index in [-0.39, 0.29) is 5.69 Å². The number of aliphatic hydroxyl groups is 1. The quantitative estimate of drug-likeness (QED) is 0.692. The Morgan fingerprint density at radius 3 is 2.71 bits per heavy atom. The second kappa shape index (κ2) is 5.63. The van der Waals surface area contributed by atoms with Gasteiger partial charge in [-0.3, -0.25) is 9.78 Å². The van der Waals surface area contributed by atoms with Crippen molar-refractivity contribution < 1.29 is 9.90 Å². The van der Waals surface area contributed by atoms with Gasteiger partial charge in [-0.05, 0) is 25.0 Å². The fraction of sp³-hybridized carbons (Fsp3) is 0.500. The van der Waals surface area contributed by atoms with E-state index in [1.54, 1.807) is 12.1 Å². The molecule has 0 saturated heterocycles. The van der Waals surface area contributed by atoms with Crippen LogP contribution in [0.25, 0.3) is 0 Å². The lowest BCUT2D eigenvalue weighted by Gasteiger charge is -2.25. The lowest BCUT2D eigenvalue weighted by molar-refractivity contribution is 0.0457. The molecule has 0 atom stereocenters. The number of hydrogen-bond acceptors (Lipinski definition) is 4. The molecule has 0 aromatic carbocycles. The number of nitrogens with one attached hydrogen (secondary N) is 1. The van der Waals surface area contributed by atoms with Gasteiger partial charge in [-0.1, -0.05) is 13.8 Å². The summed E-state index contributed by atoms with van der Waals surface area (Å²) in [6, 6.07) is 3.31. The Balaban J connectivity index is 2.69. The zero-order valence-corrected chi connectivity index (χ0v) is 10.2. The molecule has 1 rings (SSSR count). The summed E-state index contributed by atoms with van der Waals surface area (Å²) in [5.41, 5.74) is 5.36. The molecule has 1 amide bonds. The monoisotopic (exact) mass is 237 g/mol. The highest BCUT2D eigenvalue weighted by atomic mass is 16.3. The van der Waals surface area contributed by atoms with Crippen molar-refractivity contribution in [2.24, 2.45) is 5.73 Å². The van der Waals surface area contributed by atoms with Crippen LogP contribution in [0.15, 0.2) is 18.3 Å². The van der Waals surface area contributed by atoms with Crippen LogP contribution in [0, 0.1) is 0 Å². The Morgan fingerprint density at radius 2 is 2.18 bits per heavy atom. The zero-order valence-electron chi connectivity index (χ0n) is 10.2. The minimum atomic E-state index is -0.726. The molecular formula is C12H19N3O2. The second-order valence-electron chi connectivity index (χ2n) is 4.08. The molecule has 0 aliphatic carbocycles. The van der Waals surface area contributed by atoms with Crippen LogP contribution in [-0.4, -0.2) is 28.1 Å². The highest BCUT2D eigenvalue weighted by molar-refractivity contribution is 5.91. The highest BCUT2D eigenvalue weighted by Gasteiger charge is 2.21. The van der Waals surface area contributed by atoms with E-state index in [4.69, 9.17) is 5.73 Å². The Hall–Kier alpha value is -1.62. The van der Waals surface area contributed by atoms with E-state index in [1.165, 1.54) is 6.20 Å². The molecule has 1 aromatic heterocycles. The van der Waals surface area contributed by atoms with Crippen LogP contribution in [0.2, 0.25) is 0 Å². The minimum Gasteiger partial charge on any atom is -0.388 e. The summed E-state index contributed by atoms with van der Waals surface area (Å²) in [5, 5.41) is 13.2. The predicted octanol–water partition coefficient (Wildman–Crippen LogP) is 1.14. The topological polar surface area (TPSA) is 88.2 Å². The number of carbonyl (C=O) groups is 1. The van der Waals surface area contributed by atoms with Crippen molar-refractivity contribution in [3.8, 4) is 0 Å². The van der Waals surface area contributed by atoms with Gasteiger partial charge in [-0.15, -0.1) is 0 Å². The molecular weight excluding hydrogens is 218 g/mol. The largest absolute Gasteiger partial charge is 0.388 e. The standard InChI is InChI=1S/C12H19N3O2/c1-3-12(17,4-2)8-15-9-5-6-14-10(7-9)11(13)16/h5-7,17H,3-4,8H2,1-2H3,(H2,13,16)(H,14,15). The van der Waals surface area contributed by atoms with E-state index < -0.39 is 11.5 Å². The van der Waals surface area contributed by atoms with E-state index in [1.807, 2.05) is 13.8 Å². The van der Waals surface area contributed by atoms with Gasteiger partial charge in [-0.2, -0.15) is 0 Å². The Bertz CT molecular complexity index is 389. The number of primary amides is 1. The maximum Gasteiger partial charge on any atom is 0.267 e. The molecule has 0 bridgehead atoms. The van der Waals surface area contributed by atoms with Gasteiger partial charge in [0.05, 0.1) is 5.60 Å². The van der Waals surface area contributed by atoms with Crippen LogP contribution >= 0.6 is 0 Å². The van der Waals surface area contributed by atoms with Gasteiger partial charge in [-0.25, -0.2) is 0 Å². The van der Waals surface area contributed by atoms with Crippen molar-refractivity contribution in [1.82, 2.24) is 4.98 Å². The fourth-order valence-corrected chi connectivity index (χ4v) is 1.44. The van der Waals surface area contributed by atoms with Crippen LogP contribution < -0.4 is 11.1 Å². The third kappa shape index (κ3) is 3.71. The van der Waals surface area contributed by atoms with E-state index in [0.29, 0.717) is 19.4 Å². The van der Waals surface area contributed by atoms with Crippen LogP contribution in [0.4, 0.5) is 5.69 Å². The van der Waals surface area contributed by atoms with Crippen molar-refractivity contribution in [2.45, 2.75) is 32.3 Å². The maximum absolute atomic E-state index is 10.9. The van der Waals surface area contributed by atoms with E-state index >= 15 is 0 Å². The third-order valence-corrected chi connectivity index (χ3v) is 2.95. The van der Waals surface area contributed by atoms with Crippen molar-refractivity contribution in [1.29, 1.82) is 0 Å². The van der Waals surface area contributed by atoms with Gasteiger partial charge in [0.15, 0.2) is 0 Å². The highest BCUT2D eigenvalue weighted by Crippen LogP contribution is 2.16. The lowest BCUT2D eigenvalue weighted by Crippen LogP contribution is -2.35. The summed E-state index contributed by atoms with van der Waals surface area (Å²) in [6.07, 6.45) is 2.86. The zero-order chi connectivity index (χ0) is 12.9. The number of nitrogens with two attached hydrogens (primary N) is 1. The van der Waals surface area contributed by atoms with Gasteiger partial charge < -0.3 is 16.2 Å². The first-order valence-corrected chi connectivity index (χ1v) is 5.73. The number of pyridine rings is 1. The molecule has 17 heavy (non-hydrogen) atoms. The molecule has 0 spiro atoms. The normalized spacial score (nSPS) is 11.2. The van der Waals surface area contributed by atoms with Gasteiger partial charge in [0.25, 0.3) is 5.91 Å². The first-order chi connectivity index (χ1) is 8.00. The van der Waals surface area contributed by atoms with Gasteiger partial charge in [0.2, 0.25) is 0 Å². The van der Waals surface area contributed by atoms with Crippen molar-refractivity contribution >= 4 is 11.6 Å². The second-order valence-corrected chi connectivity index (χ2v) is 4.08. The van der Waals surface area contributed by atoms with E-state index in [9.17, 15) is 9.90 Å². The fourth-order valence-electron chi connectivity index (χ4n) is 1.44. The molecule has 0 aliphatic heterocycles. The molecule has 5 heteroatoms. The van der Waals surface area contributed by atoms with E-state index in [2.05, 4.69) is 10.3 Å². The van der Waals surface area contributed by atoms with Crippen molar-refractivity contribution in [3.05, 3.63) is 24.0 Å². The molecule has 1 aromatic rings. The number of carbonyl (C=O) groups excluding carboxylic acids is 1. The summed E-state index contributed by atoms with van der Waals surface area (Å²) < 4.78 is 0. The summed E-state index contributed by atoms with van der Waals surface area (Å²) in [5.74, 6) is -0.560. The molecule has 4 N–H and O–H groups in total. The molecule has 0 aliphatic rings. The first-order valence-electron chi connectivity index (χ1n) is 5.73. The van der Waals surface area contributed by atoms with Crippen LogP contribution in [0.1, 0.15) is 37.2 Å². The van der Waals surface area contributed by atoms with Crippen LogP contribution in [0.3, 0.4) is 0 Å². The molecule has 0 fully saturated rings. The predicted molar refractivity (Wildman–Crippen MR) is 66.8 cm³/mol. The number of amides is 1. The van der Waals surface area contributed by atoms with Crippen LogP contribution in [-0.2, 0) is 0 Å². The SMILES string of the molecule is CCC(O)(CC)CNc1ccnc(C(N)=O)c1. The van der Waals surface area contributed by atoms with Gasteiger partial charge in [0.1, 0.15) is 5.69 Å². The average Bonchev–Trinajstić information content (AvgIpc) is 2.36. The average molecular weight is 237 g/mol. The lowest BCUT2D eigenvalue weighted by atomic mass is 9.97. The minimum absolute atomic E-state index is 0.214. The maximum atomic E-state index is 10.9. The summed E-state index contributed by atoms with van der Waals surface area (Å²) in [6.45, 7) is 4.31. The third-order valence-electron chi connectivity index (χ3n) is 2.95. The smallest absolute Gasteiger partial charge is 0.267 e. The number of rotatable bonds is 6. The number of aromatic nitrogens is 1. The van der Waals surface area contributed by atoms with Crippen LogP contribution in [0.5, 0.6) is 0 Å².